The van der Waals surface area contributed by atoms with Crippen molar-refractivity contribution in [1.82, 2.24) is 10.2 Å². The number of halogens is 2. The molecule has 0 radical (unpaired) electrons. The number of rotatable bonds is 6. The molecule has 1 aromatic rings. The maximum atomic E-state index is 14.9. The van der Waals surface area contributed by atoms with Crippen molar-refractivity contribution in [3.63, 3.8) is 0 Å². The number of nitrogens with zero attached hydrogens (tertiary/aromatic N) is 3. The fraction of sp³-hybridized carbons (Fsp3) is 0.571. The zero-order valence-corrected chi connectivity index (χ0v) is 19.2. The molecule has 0 unspecified atom stereocenters. The van der Waals surface area contributed by atoms with Gasteiger partial charge in [-0.15, -0.1) is 0 Å². The molecule has 2 amide bonds. The van der Waals surface area contributed by atoms with E-state index in [1.165, 1.54) is 9.80 Å². The molecule has 0 saturated carbocycles. The number of carbonyl (C=O) groups excluding carboxylic acids is 2. The predicted octanol–water partition coefficient (Wildman–Crippen LogP) is 3.14. The van der Waals surface area contributed by atoms with Crippen molar-refractivity contribution in [1.29, 1.82) is 0 Å². The molecule has 2 fully saturated rings. The number of amides is 2. The SMILES string of the molecule is CCOC(=O)N1CCN(c2c(F)cc(N3C[C@H](CNC(=S)C(C)C)OC3=O)cc2F)CC1. The van der Waals surface area contributed by atoms with Crippen LogP contribution in [0.2, 0.25) is 0 Å². The maximum Gasteiger partial charge on any atom is 0.414 e. The van der Waals surface area contributed by atoms with Crippen molar-refractivity contribution < 1.29 is 27.8 Å². The third kappa shape index (κ3) is 5.37. The van der Waals surface area contributed by atoms with Gasteiger partial charge in [0.25, 0.3) is 0 Å². The molecular formula is C21H28F2N4O4S. The largest absolute Gasteiger partial charge is 0.450 e. The molecule has 1 N–H and O–H groups in total. The van der Waals surface area contributed by atoms with E-state index in [-0.39, 0.29) is 43.5 Å². The Balaban J connectivity index is 1.65. The monoisotopic (exact) mass is 470 g/mol. The number of hydrogen-bond acceptors (Lipinski definition) is 6. The van der Waals surface area contributed by atoms with E-state index in [4.69, 9.17) is 21.7 Å². The molecule has 32 heavy (non-hydrogen) atoms. The van der Waals surface area contributed by atoms with E-state index < -0.39 is 29.9 Å². The van der Waals surface area contributed by atoms with Gasteiger partial charge in [0.2, 0.25) is 0 Å². The van der Waals surface area contributed by atoms with Gasteiger partial charge >= 0.3 is 12.2 Å². The third-order valence-electron chi connectivity index (χ3n) is 5.34. The number of nitrogens with one attached hydrogen (secondary N) is 1. The van der Waals surface area contributed by atoms with Gasteiger partial charge in [-0.25, -0.2) is 18.4 Å². The first-order chi connectivity index (χ1) is 15.2. The summed E-state index contributed by atoms with van der Waals surface area (Å²) >= 11 is 5.21. The average Bonchev–Trinajstić information content (AvgIpc) is 3.12. The van der Waals surface area contributed by atoms with Crippen LogP contribution in [0.4, 0.5) is 29.7 Å². The van der Waals surface area contributed by atoms with Gasteiger partial charge in [-0.1, -0.05) is 26.1 Å². The lowest BCUT2D eigenvalue weighted by atomic mass is 10.2. The first-order valence-corrected chi connectivity index (χ1v) is 11.0. The lowest BCUT2D eigenvalue weighted by molar-refractivity contribution is 0.105. The third-order valence-corrected chi connectivity index (χ3v) is 5.95. The van der Waals surface area contributed by atoms with E-state index in [2.05, 4.69) is 5.32 Å². The van der Waals surface area contributed by atoms with Crippen LogP contribution in [0, 0.1) is 17.6 Å². The molecule has 2 heterocycles. The summed E-state index contributed by atoms with van der Waals surface area (Å²) in [5.74, 6) is -1.40. The summed E-state index contributed by atoms with van der Waals surface area (Å²) in [6, 6.07) is 2.26. The predicted molar refractivity (Wildman–Crippen MR) is 120 cm³/mol. The molecule has 8 nitrogen and oxygen atoms in total. The number of cyclic esters (lactones) is 1. The molecule has 0 aliphatic carbocycles. The van der Waals surface area contributed by atoms with Crippen molar-refractivity contribution in [2.75, 3.05) is 55.7 Å². The van der Waals surface area contributed by atoms with Crippen molar-refractivity contribution >= 4 is 40.8 Å². The van der Waals surface area contributed by atoms with Crippen LogP contribution in [-0.2, 0) is 9.47 Å². The second-order valence-electron chi connectivity index (χ2n) is 7.95. The first-order valence-electron chi connectivity index (χ1n) is 10.6. The topological polar surface area (TPSA) is 74.3 Å². The van der Waals surface area contributed by atoms with Gasteiger partial charge in [0.05, 0.1) is 30.4 Å². The molecule has 2 saturated heterocycles. The molecule has 1 aromatic carbocycles. The van der Waals surface area contributed by atoms with Gasteiger partial charge < -0.3 is 24.6 Å². The Morgan fingerprint density at radius 3 is 2.44 bits per heavy atom. The van der Waals surface area contributed by atoms with E-state index in [1.807, 2.05) is 13.8 Å². The standard InChI is InChI=1S/C21H28F2N4O4S/c1-4-30-20(28)26-7-5-25(6-8-26)18-16(22)9-14(10-17(18)23)27-12-15(31-21(27)29)11-24-19(32)13(2)3/h9-10,13,15H,4-8,11-12H2,1-3H3,(H,24,32)/t15-/m0/s1. The maximum absolute atomic E-state index is 14.9. The summed E-state index contributed by atoms with van der Waals surface area (Å²) in [7, 11) is 0. The minimum Gasteiger partial charge on any atom is -0.450 e. The number of carbonyl (C=O) groups is 2. The molecule has 3 rings (SSSR count). The highest BCUT2D eigenvalue weighted by Gasteiger charge is 2.34. The van der Waals surface area contributed by atoms with Crippen molar-refractivity contribution in [2.45, 2.75) is 26.9 Å². The van der Waals surface area contributed by atoms with E-state index in [0.29, 0.717) is 24.6 Å². The van der Waals surface area contributed by atoms with E-state index in [9.17, 15) is 18.4 Å². The first kappa shape index (κ1) is 24.0. The van der Waals surface area contributed by atoms with Crippen LogP contribution in [0.3, 0.4) is 0 Å². The zero-order chi connectivity index (χ0) is 23.4. The summed E-state index contributed by atoms with van der Waals surface area (Å²) in [4.78, 5) is 29.0. The molecule has 0 bridgehead atoms. The van der Waals surface area contributed by atoms with Gasteiger partial charge in [0, 0.05) is 44.2 Å². The van der Waals surface area contributed by atoms with Crippen LogP contribution < -0.4 is 15.1 Å². The Kier molecular flexibility index (Phi) is 7.70. The number of anilines is 2. The Morgan fingerprint density at radius 1 is 1.25 bits per heavy atom. The Bertz CT molecular complexity index is 854. The van der Waals surface area contributed by atoms with Gasteiger partial charge in [0.15, 0.2) is 11.6 Å². The van der Waals surface area contributed by atoms with Crippen LogP contribution in [0.25, 0.3) is 0 Å². The molecule has 176 valence electrons. The molecule has 0 spiro atoms. The van der Waals surface area contributed by atoms with Crippen LogP contribution >= 0.6 is 12.2 Å². The van der Waals surface area contributed by atoms with Gasteiger partial charge in [-0.05, 0) is 6.92 Å². The second-order valence-corrected chi connectivity index (χ2v) is 8.39. The molecule has 2 aliphatic heterocycles. The van der Waals surface area contributed by atoms with Crippen molar-refractivity contribution in [3.05, 3.63) is 23.8 Å². The minimum absolute atomic E-state index is 0.0906. The summed E-state index contributed by atoms with van der Waals surface area (Å²) in [5, 5.41) is 3.05. The smallest absolute Gasteiger partial charge is 0.414 e. The van der Waals surface area contributed by atoms with Crippen molar-refractivity contribution in [3.8, 4) is 0 Å². The fourth-order valence-electron chi connectivity index (χ4n) is 3.59. The number of hydrogen-bond donors (Lipinski definition) is 1. The molecule has 2 aliphatic rings. The molecular weight excluding hydrogens is 442 g/mol. The fourth-order valence-corrected chi connectivity index (χ4v) is 3.68. The van der Waals surface area contributed by atoms with E-state index in [0.717, 1.165) is 12.1 Å². The van der Waals surface area contributed by atoms with E-state index in [1.54, 1.807) is 11.8 Å². The highest BCUT2D eigenvalue weighted by Crippen LogP contribution is 2.31. The van der Waals surface area contributed by atoms with Crippen LogP contribution in [0.5, 0.6) is 0 Å². The molecule has 0 aromatic heterocycles. The molecule has 11 heteroatoms. The zero-order valence-electron chi connectivity index (χ0n) is 18.4. The normalized spacial score (nSPS) is 18.8. The Hall–Kier alpha value is -2.69. The molecule has 1 atom stereocenters. The lowest BCUT2D eigenvalue weighted by Gasteiger charge is -2.35. The summed E-state index contributed by atoms with van der Waals surface area (Å²) in [6.45, 7) is 7.49. The Morgan fingerprint density at radius 2 is 1.88 bits per heavy atom. The van der Waals surface area contributed by atoms with Gasteiger partial charge in [-0.3, -0.25) is 4.90 Å². The quantitative estimate of drug-likeness (QED) is 0.641. The van der Waals surface area contributed by atoms with Crippen LogP contribution in [0.15, 0.2) is 12.1 Å². The number of benzene rings is 1. The van der Waals surface area contributed by atoms with Crippen LogP contribution in [0.1, 0.15) is 20.8 Å². The second kappa shape index (κ2) is 10.3. The van der Waals surface area contributed by atoms with Crippen LogP contribution in [-0.4, -0.2) is 74.1 Å². The number of ether oxygens (including phenoxy) is 2. The number of piperazine rings is 1. The van der Waals surface area contributed by atoms with E-state index >= 15 is 0 Å². The highest BCUT2D eigenvalue weighted by molar-refractivity contribution is 7.80. The summed E-state index contributed by atoms with van der Waals surface area (Å²) in [6.07, 6.45) is -1.59. The minimum atomic E-state index is -0.778. The van der Waals surface area contributed by atoms with Gasteiger partial charge in [-0.2, -0.15) is 0 Å². The number of thiocarbonyl (C=S) groups is 1. The summed E-state index contributed by atoms with van der Waals surface area (Å²) in [5.41, 5.74) is -0.0850. The lowest BCUT2D eigenvalue weighted by Crippen LogP contribution is -2.49. The van der Waals surface area contributed by atoms with Crippen molar-refractivity contribution in [2.24, 2.45) is 5.92 Å². The Labute approximate surface area is 191 Å². The average molecular weight is 471 g/mol. The highest BCUT2D eigenvalue weighted by atomic mass is 32.1. The van der Waals surface area contributed by atoms with Gasteiger partial charge in [0.1, 0.15) is 11.8 Å². The summed E-state index contributed by atoms with van der Waals surface area (Å²) < 4.78 is 40.1.